The van der Waals surface area contributed by atoms with Crippen LogP contribution in [-0.4, -0.2) is 11.1 Å². The van der Waals surface area contributed by atoms with Crippen LogP contribution < -0.4 is 5.73 Å². The fourth-order valence-corrected chi connectivity index (χ4v) is 1.13. The lowest BCUT2D eigenvalue weighted by Crippen LogP contribution is -2.22. The number of hydrogen-bond donors (Lipinski definition) is 2. The van der Waals surface area contributed by atoms with Crippen LogP contribution >= 0.6 is 0 Å². The Morgan fingerprint density at radius 3 is 2.21 bits per heavy atom. The van der Waals surface area contributed by atoms with Gasteiger partial charge in [0.2, 0.25) is 0 Å². The molecule has 0 spiro atoms. The van der Waals surface area contributed by atoms with Gasteiger partial charge < -0.3 is 10.8 Å². The number of carboxylic acid groups (broad SMARTS) is 1. The van der Waals surface area contributed by atoms with Crippen LogP contribution in [0.15, 0.2) is 24.3 Å². The molecule has 1 aromatic rings. The van der Waals surface area contributed by atoms with Crippen molar-refractivity contribution in [2.75, 3.05) is 0 Å². The van der Waals surface area contributed by atoms with Crippen LogP contribution in [0.4, 0.5) is 8.78 Å². The van der Waals surface area contributed by atoms with Crippen LogP contribution in [0.25, 0.3) is 0 Å². The summed E-state index contributed by atoms with van der Waals surface area (Å²) in [7, 11) is 0. The van der Waals surface area contributed by atoms with Crippen molar-refractivity contribution < 1.29 is 18.7 Å². The van der Waals surface area contributed by atoms with Gasteiger partial charge in [-0.3, -0.25) is 4.79 Å². The average molecular weight is 201 g/mol. The van der Waals surface area contributed by atoms with Gasteiger partial charge in [0, 0.05) is 5.56 Å². The van der Waals surface area contributed by atoms with Gasteiger partial charge in [-0.1, -0.05) is 24.3 Å². The van der Waals surface area contributed by atoms with E-state index in [0.29, 0.717) is 0 Å². The third-order valence-corrected chi connectivity index (χ3v) is 1.83. The molecule has 1 aromatic carbocycles. The second-order valence-corrected chi connectivity index (χ2v) is 2.75. The van der Waals surface area contributed by atoms with E-state index in [0.717, 1.165) is 0 Å². The number of alkyl halides is 2. The van der Waals surface area contributed by atoms with Crippen molar-refractivity contribution >= 4 is 5.97 Å². The Balaban J connectivity index is 3.13. The molecule has 3 nitrogen and oxygen atoms in total. The van der Waals surface area contributed by atoms with Crippen molar-refractivity contribution in [2.24, 2.45) is 5.73 Å². The molecular formula is C9H9F2NO2. The molecule has 5 heteroatoms. The van der Waals surface area contributed by atoms with Gasteiger partial charge in [0.25, 0.3) is 6.43 Å². The van der Waals surface area contributed by atoms with E-state index in [2.05, 4.69) is 0 Å². The van der Waals surface area contributed by atoms with E-state index in [1.54, 1.807) is 0 Å². The number of hydrogen-bond acceptors (Lipinski definition) is 2. The molecule has 0 bridgehead atoms. The normalized spacial score (nSPS) is 12.9. The van der Waals surface area contributed by atoms with Gasteiger partial charge in [-0.05, 0) is 5.56 Å². The summed E-state index contributed by atoms with van der Waals surface area (Å²) < 4.78 is 24.8. The van der Waals surface area contributed by atoms with Crippen LogP contribution in [0.5, 0.6) is 0 Å². The van der Waals surface area contributed by atoms with Gasteiger partial charge in [-0.25, -0.2) is 8.78 Å². The van der Waals surface area contributed by atoms with Crippen LogP contribution in [0, 0.1) is 0 Å². The Morgan fingerprint density at radius 2 is 1.79 bits per heavy atom. The smallest absolute Gasteiger partial charge is 0.325 e. The molecule has 0 aliphatic heterocycles. The van der Waals surface area contributed by atoms with E-state index in [1.807, 2.05) is 0 Å². The first-order chi connectivity index (χ1) is 6.54. The molecule has 0 saturated carbocycles. The molecule has 1 atom stereocenters. The fraction of sp³-hybridized carbons (Fsp3) is 0.222. The highest BCUT2D eigenvalue weighted by molar-refractivity contribution is 5.75. The Hall–Kier alpha value is -1.49. The maximum Gasteiger partial charge on any atom is 0.325 e. The van der Waals surface area contributed by atoms with E-state index in [-0.39, 0.29) is 11.1 Å². The first kappa shape index (κ1) is 10.6. The summed E-state index contributed by atoms with van der Waals surface area (Å²) in [6, 6.07) is 3.95. The number of carboxylic acids is 1. The predicted molar refractivity (Wildman–Crippen MR) is 46.0 cm³/mol. The van der Waals surface area contributed by atoms with Crippen molar-refractivity contribution in [3.8, 4) is 0 Å². The Kier molecular flexibility index (Phi) is 3.14. The summed E-state index contributed by atoms with van der Waals surface area (Å²) in [6.45, 7) is 0. The molecule has 3 N–H and O–H groups in total. The van der Waals surface area contributed by atoms with E-state index in [1.165, 1.54) is 24.3 Å². The minimum absolute atomic E-state index is 0.0463. The van der Waals surface area contributed by atoms with Gasteiger partial charge in [-0.2, -0.15) is 0 Å². The predicted octanol–water partition coefficient (Wildman–Crippen LogP) is 1.71. The van der Waals surface area contributed by atoms with Gasteiger partial charge in [0.05, 0.1) is 0 Å². The third kappa shape index (κ3) is 2.05. The largest absolute Gasteiger partial charge is 0.480 e. The lowest BCUT2D eigenvalue weighted by molar-refractivity contribution is -0.138. The molecule has 0 fully saturated rings. The second kappa shape index (κ2) is 4.15. The maximum absolute atomic E-state index is 12.4. The Labute approximate surface area is 79.2 Å². The minimum atomic E-state index is -2.71. The first-order valence-electron chi connectivity index (χ1n) is 3.89. The number of benzene rings is 1. The lowest BCUT2D eigenvalue weighted by Gasteiger charge is -2.11. The molecule has 0 aliphatic carbocycles. The number of rotatable bonds is 3. The Bertz CT molecular complexity index is 341. The van der Waals surface area contributed by atoms with E-state index in [9.17, 15) is 13.6 Å². The van der Waals surface area contributed by atoms with Crippen molar-refractivity contribution in [2.45, 2.75) is 12.5 Å². The molecule has 14 heavy (non-hydrogen) atoms. The van der Waals surface area contributed by atoms with Crippen molar-refractivity contribution in [3.63, 3.8) is 0 Å². The topological polar surface area (TPSA) is 63.3 Å². The summed E-state index contributed by atoms with van der Waals surface area (Å²) in [5.74, 6) is -1.32. The quantitative estimate of drug-likeness (QED) is 0.782. The van der Waals surface area contributed by atoms with Crippen molar-refractivity contribution in [1.29, 1.82) is 0 Å². The fourth-order valence-electron chi connectivity index (χ4n) is 1.13. The molecule has 0 unspecified atom stereocenters. The van der Waals surface area contributed by atoms with Gasteiger partial charge in [0.15, 0.2) is 0 Å². The molecule has 0 heterocycles. The van der Waals surface area contributed by atoms with Crippen LogP contribution in [0.1, 0.15) is 23.6 Å². The standard InChI is InChI=1S/C9H9F2NO2/c10-8(11)6-4-2-1-3-5(6)7(12)9(13)14/h1-4,7-8H,12H2,(H,13,14)/t7-/m0/s1. The van der Waals surface area contributed by atoms with Crippen molar-refractivity contribution in [1.82, 2.24) is 0 Å². The van der Waals surface area contributed by atoms with Crippen LogP contribution in [0.3, 0.4) is 0 Å². The van der Waals surface area contributed by atoms with Gasteiger partial charge in [-0.15, -0.1) is 0 Å². The minimum Gasteiger partial charge on any atom is -0.480 e. The monoisotopic (exact) mass is 201 g/mol. The second-order valence-electron chi connectivity index (χ2n) is 2.75. The van der Waals surface area contributed by atoms with Gasteiger partial charge >= 0.3 is 5.97 Å². The molecule has 76 valence electrons. The zero-order valence-electron chi connectivity index (χ0n) is 7.15. The third-order valence-electron chi connectivity index (χ3n) is 1.83. The number of halogens is 2. The highest BCUT2D eigenvalue weighted by atomic mass is 19.3. The average Bonchev–Trinajstić information content (AvgIpc) is 2.16. The summed E-state index contributed by atoms with van der Waals surface area (Å²) in [5.41, 5.74) is 4.87. The summed E-state index contributed by atoms with van der Waals surface area (Å²) in [6.07, 6.45) is -2.71. The summed E-state index contributed by atoms with van der Waals surface area (Å²) in [4.78, 5) is 10.5. The molecule has 0 radical (unpaired) electrons. The van der Waals surface area contributed by atoms with E-state index < -0.39 is 18.4 Å². The summed E-state index contributed by atoms with van der Waals surface area (Å²) in [5, 5.41) is 8.57. The molecule has 0 saturated heterocycles. The summed E-state index contributed by atoms with van der Waals surface area (Å²) >= 11 is 0. The van der Waals surface area contributed by atoms with E-state index >= 15 is 0 Å². The van der Waals surface area contributed by atoms with Crippen LogP contribution in [0.2, 0.25) is 0 Å². The molecule has 0 amide bonds. The molecular weight excluding hydrogens is 192 g/mol. The highest BCUT2D eigenvalue weighted by Gasteiger charge is 2.21. The lowest BCUT2D eigenvalue weighted by atomic mass is 10.0. The molecule has 1 rings (SSSR count). The number of carbonyl (C=O) groups is 1. The van der Waals surface area contributed by atoms with Crippen molar-refractivity contribution in [3.05, 3.63) is 35.4 Å². The zero-order chi connectivity index (χ0) is 10.7. The number of nitrogens with two attached hydrogens (primary N) is 1. The maximum atomic E-state index is 12.4. The SMILES string of the molecule is N[C@H](C(=O)O)c1ccccc1C(F)F. The van der Waals surface area contributed by atoms with E-state index in [4.69, 9.17) is 10.8 Å². The van der Waals surface area contributed by atoms with Gasteiger partial charge in [0.1, 0.15) is 6.04 Å². The molecule has 0 aliphatic rings. The molecule has 0 aromatic heterocycles. The zero-order valence-corrected chi connectivity index (χ0v) is 7.15. The van der Waals surface area contributed by atoms with Crippen LogP contribution in [-0.2, 0) is 4.79 Å². The highest BCUT2D eigenvalue weighted by Crippen LogP contribution is 2.26. The number of aliphatic carboxylic acids is 1. The first-order valence-corrected chi connectivity index (χ1v) is 3.89. The Morgan fingerprint density at radius 1 is 1.29 bits per heavy atom.